The van der Waals surface area contributed by atoms with E-state index < -0.39 is 0 Å². The van der Waals surface area contributed by atoms with Crippen molar-refractivity contribution in [1.82, 2.24) is 10.6 Å². The van der Waals surface area contributed by atoms with E-state index in [1.54, 1.807) is 0 Å². The van der Waals surface area contributed by atoms with Gasteiger partial charge in [-0.05, 0) is 37.9 Å². The normalized spacial score (nSPS) is 22.6. The number of carbonyl (C=O) groups is 1. The lowest BCUT2D eigenvalue weighted by Gasteiger charge is -2.26. The Morgan fingerprint density at radius 2 is 2.06 bits per heavy atom. The van der Waals surface area contributed by atoms with E-state index in [-0.39, 0.29) is 5.91 Å². The molecule has 0 bridgehead atoms. The highest BCUT2D eigenvalue weighted by molar-refractivity contribution is 8.00. The standard InChI is InChI=1S/C13H24N2OS/c1-17-13(6-2-3-7-13)10-14-9-12(16)15-8-11-4-5-11/h11,14H,2-10H2,1H3,(H,15,16). The second-order valence-corrected chi connectivity index (χ2v) is 6.72. The molecule has 2 aliphatic rings. The Bertz CT molecular complexity index is 260. The highest BCUT2D eigenvalue weighted by Crippen LogP contribution is 2.39. The average molecular weight is 256 g/mol. The Kier molecular flexibility index (Phi) is 4.74. The molecule has 4 heteroatoms. The van der Waals surface area contributed by atoms with Crippen LogP contribution >= 0.6 is 11.8 Å². The first-order chi connectivity index (χ1) is 8.24. The zero-order valence-electron chi connectivity index (χ0n) is 10.8. The molecule has 0 aliphatic heterocycles. The van der Waals surface area contributed by atoms with E-state index in [2.05, 4.69) is 16.9 Å². The van der Waals surface area contributed by atoms with Crippen LogP contribution in [0.25, 0.3) is 0 Å². The van der Waals surface area contributed by atoms with Crippen molar-refractivity contribution in [2.45, 2.75) is 43.3 Å². The molecule has 0 heterocycles. The van der Waals surface area contributed by atoms with Gasteiger partial charge < -0.3 is 10.6 Å². The Labute approximate surface area is 108 Å². The molecule has 3 nitrogen and oxygen atoms in total. The molecule has 0 saturated heterocycles. The third-order valence-corrected chi connectivity index (χ3v) is 5.38. The number of hydrogen-bond donors (Lipinski definition) is 2. The third-order valence-electron chi connectivity index (χ3n) is 3.97. The number of carbonyl (C=O) groups excluding carboxylic acids is 1. The Morgan fingerprint density at radius 3 is 2.65 bits per heavy atom. The van der Waals surface area contributed by atoms with E-state index in [9.17, 15) is 4.79 Å². The van der Waals surface area contributed by atoms with E-state index in [0.29, 0.717) is 11.3 Å². The van der Waals surface area contributed by atoms with Gasteiger partial charge in [-0.3, -0.25) is 4.79 Å². The predicted octanol–water partition coefficient (Wildman–Crippen LogP) is 1.78. The molecule has 2 aliphatic carbocycles. The van der Waals surface area contributed by atoms with Gasteiger partial charge in [-0.25, -0.2) is 0 Å². The lowest BCUT2D eigenvalue weighted by atomic mass is 10.1. The largest absolute Gasteiger partial charge is 0.355 e. The minimum absolute atomic E-state index is 0.158. The maximum absolute atomic E-state index is 11.6. The van der Waals surface area contributed by atoms with Gasteiger partial charge in [0.2, 0.25) is 5.91 Å². The van der Waals surface area contributed by atoms with Crippen LogP contribution in [0.15, 0.2) is 0 Å². The summed E-state index contributed by atoms with van der Waals surface area (Å²) in [5.74, 6) is 0.928. The van der Waals surface area contributed by atoms with Crippen LogP contribution in [0.3, 0.4) is 0 Å². The first kappa shape index (κ1) is 13.2. The molecule has 2 saturated carbocycles. The second-order valence-electron chi connectivity index (χ2n) is 5.45. The van der Waals surface area contributed by atoms with Gasteiger partial charge in [0.25, 0.3) is 0 Å². The summed E-state index contributed by atoms with van der Waals surface area (Å²) < 4.78 is 0.400. The van der Waals surface area contributed by atoms with Crippen molar-refractivity contribution in [1.29, 1.82) is 0 Å². The van der Waals surface area contributed by atoms with Crippen molar-refractivity contribution < 1.29 is 4.79 Å². The topological polar surface area (TPSA) is 41.1 Å². The molecule has 0 spiro atoms. The molecule has 1 amide bonds. The monoisotopic (exact) mass is 256 g/mol. The van der Waals surface area contributed by atoms with E-state index in [4.69, 9.17) is 0 Å². The molecule has 2 rings (SSSR count). The maximum atomic E-state index is 11.6. The molecule has 0 aromatic rings. The summed E-state index contributed by atoms with van der Waals surface area (Å²) in [6.07, 6.45) is 10.1. The quantitative estimate of drug-likeness (QED) is 0.729. The lowest BCUT2D eigenvalue weighted by Crippen LogP contribution is -2.41. The summed E-state index contributed by atoms with van der Waals surface area (Å²) in [5, 5.41) is 6.32. The Balaban J connectivity index is 1.58. The van der Waals surface area contributed by atoms with Crippen molar-refractivity contribution in [3.8, 4) is 0 Å². The van der Waals surface area contributed by atoms with Crippen LogP contribution in [0.5, 0.6) is 0 Å². The summed E-state index contributed by atoms with van der Waals surface area (Å²) in [7, 11) is 0. The smallest absolute Gasteiger partial charge is 0.233 e. The molecular weight excluding hydrogens is 232 g/mol. The summed E-state index contributed by atoms with van der Waals surface area (Å²) in [6, 6.07) is 0. The summed E-state index contributed by atoms with van der Waals surface area (Å²) in [5.41, 5.74) is 0. The fourth-order valence-corrected chi connectivity index (χ4v) is 3.46. The van der Waals surface area contributed by atoms with Crippen LogP contribution < -0.4 is 10.6 Å². The van der Waals surface area contributed by atoms with Gasteiger partial charge in [0.15, 0.2) is 0 Å². The molecule has 98 valence electrons. The molecule has 2 N–H and O–H groups in total. The fourth-order valence-electron chi connectivity index (χ4n) is 2.52. The highest BCUT2D eigenvalue weighted by Gasteiger charge is 2.32. The van der Waals surface area contributed by atoms with Crippen molar-refractivity contribution in [3.63, 3.8) is 0 Å². The molecule has 0 aromatic carbocycles. The number of amides is 1. The predicted molar refractivity (Wildman–Crippen MR) is 73.3 cm³/mol. The van der Waals surface area contributed by atoms with Crippen molar-refractivity contribution in [2.24, 2.45) is 5.92 Å². The van der Waals surface area contributed by atoms with Gasteiger partial charge in [-0.15, -0.1) is 0 Å². The zero-order chi connectivity index (χ0) is 12.1. The minimum Gasteiger partial charge on any atom is -0.355 e. The molecule has 0 aromatic heterocycles. The first-order valence-corrected chi connectivity index (χ1v) is 7.99. The van der Waals surface area contributed by atoms with Gasteiger partial charge in [0.05, 0.1) is 6.54 Å². The van der Waals surface area contributed by atoms with Crippen LogP contribution in [-0.2, 0) is 4.79 Å². The number of rotatable bonds is 7. The lowest BCUT2D eigenvalue weighted by molar-refractivity contribution is -0.120. The number of thioether (sulfide) groups is 1. The van der Waals surface area contributed by atoms with Crippen LogP contribution in [0, 0.1) is 5.92 Å². The molecular formula is C13H24N2OS. The van der Waals surface area contributed by atoms with E-state index >= 15 is 0 Å². The minimum atomic E-state index is 0.158. The van der Waals surface area contributed by atoms with E-state index in [1.165, 1.54) is 38.5 Å². The molecule has 2 fully saturated rings. The van der Waals surface area contributed by atoms with Gasteiger partial charge in [-0.2, -0.15) is 11.8 Å². The number of hydrogen-bond acceptors (Lipinski definition) is 3. The third kappa shape index (κ3) is 4.18. The summed E-state index contributed by atoms with van der Waals surface area (Å²) >= 11 is 1.97. The van der Waals surface area contributed by atoms with Gasteiger partial charge in [-0.1, -0.05) is 12.8 Å². The van der Waals surface area contributed by atoms with E-state index in [0.717, 1.165) is 19.0 Å². The fraction of sp³-hybridized carbons (Fsp3) is 0.923. The molecule has 0 atom stereocenters. The van der Waals surface area contributed by atoms with Crippen LogP contribution in [0.2, 0.25) is 0 Å². The summed E-state index contributed by atoms with van der Waals surface area (Å²) in [6.45, 7) is 2.34. The average Bonchev–Trinajstić information content (AvgIpc) is 3.05. The van der Waals surface area contributed by atoms with E-state index in [1.807, 2.05) is 11.8 Å². The first-order valence-electron chi connectivity index (χ1n) is 6.77. The summed E-state index contributed by atoms with van der Waals surface area (Å²) in [4.78, 5) is 11.6. The zero-order valence-corrected chi connectivity index (χ0v) is 11.6. The Morgan fingerprint density at radius 1 is 1.35 bits per heavy atom. The second kappa shape index (κ2) is 6.10. The van der Waals surface area contributed by atoms with Crippen molar-refractivity contribution in [3.05, 3.63) is 0 Å². The van der Waals surface area contributed by atoms with Gasteiger partial charge in [0, 0.05) is 17.8 Å². The van der Waals surface area contributed by atoms with Crippen LogP contribution in [-0.4, -0.2) is 36.5 Å². The van der Waals surface area contributed by atoms with Crippen molar-refractivity contribution >= 4 is 17.7 Å². The van der Waals surface area contributed by atoms with Crippen molar-refractivity contribution in [2.75, 3.05) is 25.9 Å². The maximum Gasteiger partial charge on any atom is 0.233 e. The molecule has 0 unspecified atom stereocenters. The SMILES string of the molecule is CSC1(CNCC(=O)NCC2CC2)CCCC1. The highest BCUT2D eigenvalue weighted by atomic mass is 32.2. The van der Waals surface area contributed by atoms with Crippen LogP contribution in [0.4, 0.5) is 0 Å². The van der Waals surface area contributed by atoms with Gasteiger partial charge >= 0.3 is 0 Å². The molecule has 17 heavy (non-hydrogen) atoms. The number of nitrogens with one attached hydrogen (secondary N) is 2. The Hall–Kier alpha value is -0.220. The molecule has 0 radical (unpaired) electrons. The van der Waals surface area contributed by atoms with Gasteiger partial charge in [0.1, 0.15) is 0 Å². The van der Waals surface area contributed by atoms with Crippen LogP contribution in [0.1, 0.15) is 38.5 Å².